The SMILES string of the molecule is COCC(C)C(O)Cc1cccc(Cl)c1. The van der Waals surface area contributed by atoms with E-state index in [0.717, 1.165) is 5.56 Å². The molecule has 2 unspecified atom stereocenters. The molecule has 0 heterocycles. The molecule has 0 radical (unpaired) electrons. The molecular weight excluding hydrogens is 212 g/mol. The third-order valence-corrected chi connectivity index (χ3v) is 2.66. The maximum atomic E-state index is 9.87. The normalized spacial score (nSPS) is 14.9. The van der Waals surface area contributed by atoms with Gasteiger partial charge in [-0.1, -0.05) is 30.7 Å². The van der Waals surface area contributed by atoms with Crippen molar-refractivity contribution in [2.24, 2.45) is 5.92 Å². The molecule has 84 valence electrons. The first-order chi connectivity index (χ1) is 7.13. The highest BCUT2D eigenvalue weighted by Gasteiger charge is 2.14. The van der Waals surface area contributed by atoms with Crippen molar-refractivity contribution in [3.8, 4) is 0 Å². The molecule has 0 fully saturated rings. The second-order valence-corrected chi connectivity index (χ2v) is 4.27. The summed E-state index contributed by atoms with van der Waals surface area (Å²) in [5.41, 5.74) is 1.05. The fourth-order valence-corrected chi connectivity index (χ4v) is 1.69. The Morgan fingerprint density at radius 3 is 2.80 bits per heavy atom. The third kappa shape index (κ3) is 4.20. The van der Waals surface area contributed by atoms with Gasteiger partial charge in [-0.2, -0.15) is 0 Å². The summed E-state index contributed by atoms with van der Waals surface area (Å²) in [5, 5.41) is 10.6. The molecule has 0 saturated heterocycles. The Morgan fingerprint density at radius 1 is 1.47 bits per heavy atom. The number of methoxy groups -OCH3 is 1. The zero-order chi connectivity index (χ0) is 11.3. The average molecular weight is 229 g/mol. The van der Waals surface area contributed by atoms with E-state index in [2.05, 4.69) is 0 Å². The average Bonchev–Trinajstić information content (AvgIpc) is 2.18. The Bertz CT molecular complexity index is 301. The standard InChI is InChI=1S/C12H17ClO2/c1-9(8-15-2)12(14)7-10-4-3-5-11(13)6-10/h3-6,9,12,14H,7-8H2,1-2H3. The van der Waals surface area contributed by atoms with E-state index >= 15 is 0 Å². The summed E-state index contributed by atoms with van der Waals surface area (Å²) >= 11 is 5.86. The number of rotatable bonds is 5. The Hall–Kier alpha value is -0.570. The molecule has 2 atom stereocenters. The number of halogens is 1. The molecule has 1 aromatic carbocycles. The van der Waals surface area contributed by atoms with Gasteiger partial charge in [-0.3, -0.25) is 0 Å². The van der Waals surface area contributed by atoms with Crippen LogP contribution < -0.4 is 0 Å². The Morgan fingerprint density at radius 2 is 2.20 bits per heavy atom. The van der Waals surface area contributed by atoms with Crippen LogP contribution in [0.4, 0.5) is 0 Å². The van der Waals surface area contributed by atoms with Gasteiger partial charge in [-0.25, -0.2) is 0 Å². The van der Waals surface area contributed by atoms with Gasteiger partial charge in [0, 0.05) is 18.1 Å². The first-order valence-electron chi connectivity index (χ1n) is 5.05. The first kappa shape index (κ1) is 12.5. The van der Waals surface area contributed by atoms with Crippen LogP contribution in [0.15, 0.2) is 24.3 Å². The molecular formula is C12H17ClO2. The van der Waals surface area contributed by atoms with Crippen LogP contribution in [-0.4, -0.2) is 24.9 Å². The van der Waals surface area contributed by atoms with Crippen molar-refractivity contribution in [2.45, 2.75) is 19.4 Å². The minimum atomic E-state index is -0.386. The molecule has 0 aromatic heterocycles. The minimum Gasteiger partial charge on any atom is -0.392 e. The van der Waals surface area contributed by atoms with Crippen LogP contribution in [0.3, 0.4) is 0 Å². The van der Waals surface area contributed by atoms with Crippen LogP contribution in [0.1, 0.15) is 12.5 Å². The van der Waals surface area contributed by atoms with Crippen molar-refractivity contribution in [3.63, 3.8) is 0 Å². The van der Waals surface area contributed by atoms with E-state index in [4.69, 9.17) is 16.3 Å². The van der Waals surface area contributed by atoms with Gasteiger partial charge >= 0.3 is 0 Å². The van der Waals surface area contributed by atoms with Gasteiger partial charge in [-0.05, 0) is 24.1 Å². The Kier molecular flexibility index (Phi) is 5.09. The maximum absolute atomic E-state index is 9.87. The monoisotopic (exact) mass is 228 g/mol. The smallest absolute Gasteiger partial charge is 0.0628 e. The summed E-state index contributed by atoms with van der Waals surface area (Å²) in [6, 6.07) is 7.57. The molecule has 1 aromatic rings. The van der Waals surface area contributed by atoms with Crippen molar-refractivity contribution in [1.82, 2.24) is 0 Å². The molecule has 0 amide bonds. The Balaban J connectivity index is 2.54. The second kappa shape index (κ2) is 6.11. The number of hydrogen-bond donors (Lipinski definition) is 1. The summed E-state index contributed by atoms with van der Waals surface area (Å²) in [6.07, 6.45) is 0.230. The third-order valence-electron chi connectivity index (χ3n) is 2.42. The van der Waals surface area contributed by atoms with E-state index in [1.165, 1.54) is 0 Å². The fourth-order valence-electron chi connectivity index (χ4n) is 1.48. The topological polar surface area (TPSA) is 29.5 Å². The number of benzene rings is 1. The van der Waals surface area contributed by atoms with Crippen LogP contribution in [0, 0.1) is 5.92 Å². The van der Waals surface area contributed by atoms with E-state index in [1.807, 2.05) is 31.2 Å². The molecule has 0 aliphatic heterocycles. The van der Waals surface area contributed by atoms with Gasteiger partial charge in [0.2, 0.25) is 0 Å². The van der Waals surface area contributed by atoms with Crippen LogP contribution >= 0.6 is 11.6 Å². The van der Waals surface area contributed by atoms with Crippen molar-refractivity contribution in [1.29, 1.82) is 0 Å². The van der Waals surface area contributed by atoms with E-state index in [-0.39, 0.29) is 12.0 Å². The molecule has 15 heavy (non-hydrogen) atoms. The van der Waals surface area contributed by atoms with Gasteiger partial charge in [-0.15, -0.1) is 0 Å². The van der Waals surface area contributed by atoms with Crippen LogP contribution in [0.25, 0.3) is 0 Å². The molecule has 0 aliphatic carbocycles. The summed E-state index contributed by atoms with van der Waals surface area (Å²) < 4.78 is 5.00. The number of ether oxygens (including phenoxy) is 1. The van der Waals surface area contributed by atoms with Crippen LogP contribution in [0.5, 0.6) is 0 Å². The molecule has 3 heteroatoms. The van der Waals surface area contributed by atoms with E-state index in [0.29, 0.717) is 18.1 Å². The number of hydrogen-bond acceptors (Lipinski definition) is 2. The first-order valence-corrected chi connectivity index (χ1v) is 5.42. The van der Waals surface area contributed by atoms with Crippen molar-refractivity contribution >= 4 is 11.6 Å². The molecule has 1 N–H and O–H groups in total. The van der Waals surface area contributed by atoms with E-state index < -0.39 is 0 Å². The maximum Gasteiger partial charge on any atom is 0.0628 e. The molecule has 0 bridgehead atoms. The van der Waals surface area contributed by atoms with Gasteiger partial charge in [0.15, 0.2) is 0 Å². The molecule has 0 aliphatic rings. The zero-order valence-electron chi connectivity index (χ0n) is 9.11. The second-order valence-electron chi connectivity index (χ2n) is 3.83. The number of aliphatic hydroxyl groups excluding tert-OH is 1. The lowest BCUT2D eigenvalue weighted by Crippen LogP contribution is -2.24. The van der Waals surface area contributed by atoms with Gasteiger partial charge in [0.25, 0.3) is 0 Å². The van der Waals surface area contributed by atoms with Crippen LogP contribution in [0.2, 0.25) is 5.02 Å². The lowest BCUT2D eigenvalue weighted by atomic mass is 9.98. The minimum absolute atomic E-state index is 0.133. The number of aliphatic hydroxyl groups is 1. The zero-order valence-corrected chi connectivity index (χ0v) is 9.87. The highest BCUT2D eigenvalue weighted by molar-refractivity contribution is 6.30. The summed E-state index contributed by atoms with van der Waals surface area (Å²) in [5.74, 6) is 0.133. The predicted octanol–water partition coefficient (Wildman–Crippen LogP) is 2.53. The van der Waals surface area contributed by atoms with Crippen molar-refractivity contribution in [3.05, 3.63) is 34.9 Å². The van der Waals surface area contributed by atoms with Crippen LogP contribution in [-0.2, 0) is 11.2 Å². The summed E-state index contributed by atoms with van der Waals surface area (Å²) in [4.78, 5) is 0. The van der Waals surface area contributed by atoms with Gasteiger partial charge in [0.1, 0.15) is 0 Å². The quantitative estimate of drug-likeness (QED) is 0.839. The fraction of sp³-hybridized carbons (Fsp3) is 0.500. The van der Waals surface area contributed by atoms with E-state index in [1.54, 1.807) is 7.11 Å². The van der Waals surface area contributed by atoms with Crippen molar-refractivity contribution < 1.29 is 9.84 Å². The molecule has 2 nitrogen and oxygen atoms in total. The highest BCUT2D eigenvalue weighted by Crippen LogP contribution is 2.15. The van der Waals surface area contributed by atoms with Crippen molar-refractivity contribution in [2.75, 3.05) is 13.7 Å². The lowest BCUT2D eigenvalue weighted by Gasteiger charge is -2.17. The van der Waals surface area contributed by atoms with Gasteiger partial charge < -0.3 is 9.84 Å². The Labute approximate surface area is 95.8 Å². The molecule has 0 saturated carbocycles. The summed E-state index contributed by atoms with van der Waals surface area (Å²) in [7, 11) is 1.64. The molecule has 1 rings (SSSR count). The largest absolute Gasteiger partial charge is 0.392 e. The molecule has 0 spiro atoms. The summed E-state index contributed by atoms with van der Waals surface area (Å²) in [6.45, 7) is 2.54. The lowest BCUT2D eigenvalue weighted by molar-refractivity contribution is 0.0575. The van der Waals surface area contributed by atoms with E-state index in [9.17, 15) is 5.11 Å². The predicted molar refractivity (Wildman–Crippen MR) is 62.2 cm³/mol. The van der Waals surface area contributed by atoms with Gasteiger partial charge in [0.05, 0.1) is 12.7 Å². The highest BCUT2D eigenvalue weighted by atomic mass is 35.5.